The highest BCUT2D eigenvalue weighted by molar-refractivity contribution is 7.92. The number of carbonyl (C=O) groups is 1. The molecule has 1 amide bonds. The van der Waals surface area contributed by atoms with Gasteiger partial charge in [-0.3, -0.25) is 4.79 Å². The van der Waals surface area contributed by atoms with Crippen molar-refractivity contribution in [3.8, 4) is 0 Å². The summed E-state index contributed by atoms with van der Waals surface area (Å²) in [4.78, 5) is 11.6. The van der Waals surface area contributed by atoms with Crippen LogP contribution in [0.15, 0.2) is 35.2 Å². The number of nitrogens with one attached hydrogen (secondary N) is 1. The van der Waals surface area contributed by atoms with Crippen LogP contribution in [-0.4, -0.2) is 26.4 Å². The molecular weight excluding hydrogens is 293 g/mol. The van der Waals surface area contributed by atoms with Gasteiger partial charge in [-0.15, -0.1) is 0 Å². The molecule has 116 valence electrons. The molecule has 1 N–H and O–H groups in total. The zero-order valence-corrected chi connectivity index (χ0v) is 12.6. The fourth-order valence-corrected chi connectivity index (χ4v) is 4.73. The van der Waals surface area contributed by atoms with Crippen LogP contribution in [0.1, 0.15) is 32.1 Å². The number of amides is 1. The molecule has 1 aromatic carbocycles. The second-order valence-electron chi connectivity index (χ2n) is 5.38. The van der Waals surface area contributed by atoms with Gasteiger partial charge < -0.3 is 5.32 Å². The molecule has 0 spiro atoms. The maximum absolute atomic E-state index is 12.7. The molecule has 0 saturated heterocycles. The average Bonchev–Trinajstić information content (AvgIpc) is 2.53. The van der Waals surface area contributed by atoms with E-state index in [4.69, 9.17) is 0 Å². The fraction of sp³-hybridized carbons (Fsp3) is 0.533. The molecule has 21 heavy (non-hydrogen) atoms. The van der Waals surface area contributed by atoms with Crippen molar-refractivity contribution in [2.24, 2.45) is 5.92 Å². The Morgan fingerprint density at radius 1 is 1.19 bits per heavy atom. The Bertz CT molecular complexity index is 568. The molecule has 1 atom stereocenters. The summed E-state index contributed by atoms with van der Waals surface area (Å²) in [5.74, 6) is -1.02. The lowest BCUT2D eigenvalue weighted by Gasteiger charge is -2.30. The van der Waals surface area contributed by atoms with Gasteiger partial charge >= 0.3 is 0 Å². The third kappa shape index (κ3) is 3.81. The van der Waals surface area contributed by atoms with Gasteiger partial charge in [0.15, 0.2) is 16.5 Å². The molecule has 1 aliphatic rings. The lowest BCUT2D eigenvalue weighted by atomic mass is 9.89. The van der Waals surface area contributed by atoms with Crippen molar-refractivity contribution in [2.45, 2.75) is 42.4 Å². The lowest BCUT2D eigenvalue weighted by Crippen LogP contribution is -2.47. The van der Waals surface area contributed by atoms with Crippen LogP contribution in [0.4, 0.5) is 4.39 Å². The monoisotopic (exact) mass is 313 g/mol. The first kappa shape index (κ1) is 15.9. The van der Waals surface area contributed by atoms with E-state index in [1.807, 2.05) is 0 Å². The van der Waals surface area contributed by atoms with Crippen LogP contribution in [0.25, 0.3) is 0 Å². The summed E-state index contributed by atoms with van der Waals surface area (Å²) in [6.45, 7) is -1.20. The van der Waals surface area contributed by atoms with Gasteiger partial charge in [-0.05, 0) is 30.9 Å². The molecular formula is C15H20FNO3S. The Labute approximate surface area is 124 Å². The molecule has 2 rings (SSSR count). The van der Waals surface area contributed by atoms with Crippen LogP contribution in [-0.2, 0) is 14.6 Å². The summed E-state index contributed by atoms with van der Waals surface area (Å²) in [7, 11) is -3.70. The molecule has 1 saturated carbocycles. The third-order valence-electron chi connectivity index (χ3n) is 3.91. The molecule has 0 aliphatic heterocycles. The molecule has 0 heterocycles. The summed E-state index contributed by atoms with van der Waals surface area (Å²) >= 11 is 0. The highest BCUT2D eigenvalue weighted by Crippen LogP contribution is 2.31. The first-order chi connectivity index (χ1) is 10.1. The Morgan fingerprint density at radius 3 is 2.38 bits per heavy atom. The predicted molar refractivity (Wildman–Crippen MR) is 78.1 cm³/mol. The molecule has 1 aliphatic carbocycles. The minimum absolute atomic E-state index is 0.153. The predicted octanol–water partition coefficient (Wildman–Crippen LogP) is 2.45. The topological polar surface area (TPSA) is 63.2 Å². The number of sulfone groups is 1. The van der Waals surface area contributed by atoms with E-state index >= 15 is 0 Å². The Morgan fingerprint density at radius 2 is 1.81 bits per heavy atom. The second kappa shape index (κ2) is 7.02. The third-order valence-corrected chi connectivity index (χ3v) is 6.01. The van der Waals surface area contributed by atoms with Crippen LogP contribution in [0.3, 0.4) is 0 Å². The normalized spacial score (nSPS) is 18.1. The van der Waals surface area contributed by atoms with Crippen LogP contribution >= 0.6 is 0 Å². The van der Waals surface area contributed by atoms with E-state index in [0.29, 0.717) is 0 Å². The molecule has 0 bridgehead atoms. The maximum atomic E-state index is 12.7. The van der Waals surface area contributed by atoms with E-state index in [1.165, 1.54) is 12.1 Å². The van der Waals surface area contributed by atoms with E-state index < -0.39 is 27.8 Å². The van der Waals surface area contributed by atoms with Crippen molar-refractivity contribution < 1.29 is 17.6 Å². The largest absolute Gasteiger partial charge is 0.337 e. The maximum Gasteiger partial charge on any atom is 0.252 e. The van der Waals surface area contributed by atoms with Crippen LogP contribution in [0.5, 0.6) is 0 Å². The Balaban J connectivity index is 2.31. The average molecular weight is 313 g/mol. The quantitative estimate of drug-likeness (QED) is 0.908. The number of rotatable bonds is 5. The van der Waals surface area contributed by atoms with Crippen molar-refractivity contribution in [3.05, 3.63) is 30.3 Å². The minimum Gasteiger partial charge on any atom is -0.337 e. The minimum atomic E-state index is -3.70. The number of benzene rings is 1. The van der Waals surface area contributed by atoms with E-state index in [2.05, 4.69) is 5.32 Å². The Hall–Kier alpha value is -1.43. The molecule has 1 unspecified atom stereocenters. The van der Waals surface area contributed by atoms with Crippen molar-refractivity contribution in [2.75, 3.05) is 6.67 Å². The molecule has 1 aromatic rings. The number of hydrogen-bond acceptors (Lipinski definition) is 3. The lowest BCUT2D eigenvalue weighted by molar-refractivity contribution is -0.122. The summed E-state index contributed by atoms with van der Waals surface area (Å²) < 4.78 is 38.0. The number of alkyl halides is 1. The van der Waals surface area contributed by atoms with Crippen molar-refractivity contribution in [1.29, 1.82) is 0 Å². The Kier molecular flexibility index (Phi) is 5.33. The zero-order valence-electron chi connectivity index (χ0n) is 11.8. The first-order valence-electron chi connectivity index (χ1n) is 7.20. The van der Waals surface area contributed by atoms with Crippen molar-refractivity contribution >= 4 is 15.7 Å². The SMILES string of the molecule is O=C(CF)NC(C1CCCCC1)S(=O)(=O)c1ccccc1. The van der Waals surface area contributed by atoms with Crippen LogP contribution < -0.4 is 5.32 Å². The second-order valence-corrected chi connectivity index (χ2v) is 7.45. The van der Waals surface area contributed by atoms with E-state index in [9.17, 15) is 17.6 Å². The van der Waals surface area contributed by atoms with Gasteiger partial charge in [0.05, 0.1) is 4.90 Å². The van der Waals surface area contributed by atoms with Gasteiger partial charge in [-0.1, -0.05) is 37.5 Å². The van der Waals surface area contributed by atoms with Gasteiger partial charge in [0.1, 0.15) is 5.37 Å². The highest BCUT2D eigenvalue weighted by atomic mass is 32.2. The van der Waals surface area contributed by atoms with E-state index in [-0.39, 0.29) is 10.8 Å². The van der Waals surface area contributed by atoms with Crippen LogP contribution in [0.2, 0.25) is 0 Å². The number of halogens is 1. The molecule has 0 radical (unpaired) electrons. The fourth-order valence-electron chi connectivity index (χ4n) is 2.84. The van der Waals surface area contributed by atoms with Crippen molar-refractivity contribution in [1.82, 2.24) is 5.32 Å². The van der Waals surface area contributed by atoms with E-state index in [1.54, 1.807) is 18.2 Å². The van der Waals surface area contributed by atoms with Crippen LogP contribution in [0, 0.1) is 5.92 Å². The summed E-state index contributed by atoms with van der Waals surface area (Å²) in [6, 6.07) is 8.03. The smallest absolute Gasteiger partial charge is 0.252 e. The number of carbonyl (C=O) groups excluding carboxylic acids is 1. The van der Waals surface area contributed by atoms with E-state index in [0.717, 1.165) is 32.1 Å². The zero-order chi connectivity index (χ0) is 15.3. The summed E-state index contributed by atoms with van der Waals surface area (Å²) in [5.41, 5.74) is 0. The first-order valence-corrected chi connectivity index (χ1v) is 8.74. The van der Waals surface area contributed by atoms with Crippen molar-refractivity contribution in [3.63, 3.8) is 0 Å². The van der Waals surface area contributed by atoms with Gasteiger partial charge in [-0.25, -0.2) is 12.8 Å². The molecule has 0 aromatic heterocycles. The molecule has 6 heteroatoms. The standard InChI is InChI=1S/C15H20FNO3S/c16-11-14(18)17-15(12-7-3-1-4-8-12)21(19,20)13-9-5-2-6-10-13/h2,5-6,9-10,12,15H,1,3-4,7-8,11H2,(H,17,18). The summed E-state index contributed by atoms with van der Waals surface area (Å²) in [6.07, 6.45) is 4.44. The van der Waals surface area contributed by atoms with Gasteiger partial charge in [0.2, 0.25) is 0 Å². The highest BCUT2D eigenvalue weighted by Gasteiger charge is 2.36. The summed E-state index contributed by atoms with van der Waals surface area (Å²) in [5, 5.41) is 1.33. The van der Waals surface area contributed by atoms with Gasteiger partial charge in [0, 0.05) is 0 Å². The number of hydrogen-bond donors (Lipinski definition) is 1. The molecule has 1 fully saturated rings. The van der Waals surface area contributed by atoms with Gasteiger partial charge in [0.25, 0.3) is 5.91 Å². The molecule has 4 nitrogen and oxygen atoms in total. The van der Waals surface area contributed by atoms with Gasteiger partial charge in [-0.2, -0.15) is 0 Å².